The Bertz CT molecular complexity index is 500. The molecule has 1 saturated heterocycles. The molecule has 5 nitrogen and oxygen atoms in total. The minimum absolute atomic E-state index is 0.181. The molecule has 0 bridgehead atoms. The van der Waals surface area contributed by atoms with E-state index in [1.165, 1.54) is 4.90 Å². The predicted molar refractivity (Wildman–Crippen MR) is 77.6 cm³/mol. The van der Waals surface area contributed by atoms with Gasteiger partial charge in [-0.1, -0.05) is 44.2 Å². The molecule has 1 amide bonds. The van der Waals surface area contributed by atoms with Gasteiger partial charge in [-0.25, -0.2) is 4.79 Å². The Labute approximate surface area is 124 Å². The predicted octanol–water partition coefficient (Wildman–Crippen LogP) is 1.98. The molecule has 2 unspecified atom stereocenters. The lowest BCUT2D eigenvalue weighted by Crippen LogP contribution is -2.49. The molecule has 1 aliphatic rings. The van der Waals surface area contributed by atoms with Crippen LogP contribution in [0.4, 0.5) is 4.79 Å². The molecule has 2 rings (SSSR count). The minimum Gasteiger partial charge on any atom is -0.445 e. The van der Waals surface area contributed by atoms with Crippen LogP contribution in [0.1, 0.15) is 25.8 Å². The third-order valence-corrected chi connectivity index (χ3v) is 3.87. The van der Waals surface area contributed by atoms with Gasteiger partial charge in [0.2, 0.25) is 0 Å². The van der Waals surface area contributed by atoms with E-state index in [1.54, 1.807) is 13.8 Å². The van der Waals surface area contributed by atoms with Gasteiger partial charge in [0.1, 0.15) is 12.9 Å². The van der Waals surface area contributed by atoms with Crippen LogP contribution in [0.15, 0.2) is 30.3 Å². The topological polar surface area (TPSA) is 66.8 Å². The molecule has 1 aromatic rings. The Hall–Kier alpha value is -1.88. The summed E-state index contributed by atoms with van der Waals surface area (Å²) in [7, 11) is 0. The maximum atomic E-state index is 12.2. The summed E-state index contributed by atoms with van der Waals surface area (Å²) in [6.45, 7) is 4.02. The maximum absolute atomic E-state index is 12.2. The highest BCUT2D eigenvalue weighted by Crippen LogP contribution is 2.32. The number of aldehydes is 1. The van der Waals surface area contributed by atoms with Gasteiger partial charge in [-0.15, -0.1) is 0 Å². The molecule has 1 N–H and O–H groups in total. The number of hydrogen-bond donors (Lipinski definition) is 1. The SMILES string of the molecule is CC(C)(C=O)C1C(O)CCN1C(=O)OCc1ccccc1. The molecule has 1 heterocycles. The van der Waals surface area contributed by atoms with Crippen molar-refractivity contribution in [2.24, 2.45) is 5.41 Å². The summed E-state index contributed by atoms with van der Waals surface area (Å²) >= 11 is 0. The number of ether oxygens (including phenoxy) is 1. The zero-order valence-electron chi connectivity index (χ0n) is 12.4. The standard InChI is InChI=1S/C16H21NO4/c1-16(2,11-18)14-13(19)8-9-17(14)15(20)21-10-12-6-4-3-5-7-12/h3-7,11,13-14,19H,8-10H2,1-2H3. The van der Waals surface area contributed by atoms with Gasteiger partial charge in [0, 0.05) is 12.0 Å². The summed E-state index contributed by atoms with van der Waals surface area (Å²) in [6.07, 6.45) is 0.0521. The molecule has 0 aromatic heterocycles. The highest BCUT2D eigenvalue weighted by atomic mass is 16.6. The lowest BCUT2D eigenvalue weighted by molar-refractivity contribution is -0.119. The molecular formula is C16H21NO4. The molecule has 0 radical (unpaired) electrons. The van der Waals surface area contributed by atoms with E-state index in [0.717, 1.165) is 11.8 Å². The van der Waals surface area contributed by atoms with Gasteiger partial charge in [-0.05, 0) is 12.0 Å². The molecule has 0 saturated carbocycles. The van der Waals surface area contributed by atoms with Crippen LogP contribution in [0.25, 0.3) is 0 Å². The van der Waals surface area contributed by atoms with E-state index in [4.69, 9.17) is 4.74 Å². The Morgan fingerprint density at radius 3 is 2.71 bits per heavy atom. The summed E-state index contributed by atoms with van der Waals surface area (Å²) in [4.78, 5) is 24.9. The number of benzene rings is 1. The third kappa shape index (κ3) is 3.42. The second-order valence-electron chi connectivity index (χ2n) is 5.97. The Morgan fingerprint density at radius 2 is 2.10 bits per heavy atom. The molecule has 1 fully saturated rings. The zero-order valence-corrected chi connectivity index (χ0v) is 12.4. The average Bonchev–Trinajstić information content (AvgIpc) is 2.88. The van der Waals surface area contributed by atoms with E-state index < -0.39 is 23.7 Å². The average molecular weight is 291 g/mol. The fourth-order valence-electron chi connectivity index (χ4n) is 2.75. The molecule has 114 valence electrons. The van der Waals surface area contributed by atoms with Crippen molar-refractivity contribution in [2.45, 2.75) is 39.0 Å². The molecule has 1 aliphatic heterocycles. The van der Waals surface area contributed by atoms with Crippen LogP contribution in [0.3, 0.4) is 0 Å². The van der Waals surface area contributed by atoms with E-state index in [0.29, 0.717) is 13.0 Å². The van der Waals surface area contributed by atoms with Crippen LogP contribution in [0, 0.1) is 5.41 Å². The molecule has 2 atom stereocenters. The van der Waals surface area contributed by atoms with Gasteiger partial charge < -0.3 is 19.5 Å². The van der Waals surface area contributed by atoms with Gasteiger partial charge in [0.25, 0.3) is 0 Å². The molecular weight excluding hydrogens is 270 g/mol. The first-order valence-electron chi connectivity index (χ1n) is 7.07. The second-order valence-corrected chi connectivity index (χ2v) is 5.97. The van der Waals surface area contributed by atoms with Gasteiger partial charge >= 0.3 is 6.09 Å². The number of likely N-dealkylation sites (tertiary alicyclic amines) is 1. The number of nitrogens with zero attached hydrogens (tertiary/aromatic N) is 1. The normalized spacial score (nSPS) is 22.1. The third-order valence-electron chi connectivity index (χ3n) is 3.87. The van der Waals surface area contributed by atoms with Gasteiger partial charge in [0.15, 0.2) is 0 Å². The van der Waals surface area contributed by atoms with Crippen molar-refractivity contribution in [3.63, 3.8) is 0 Å². The first kappa shape index (κ1) is 15.5. The smallest absolute Gasteiger partial charge is 0.410 e. The summed E-state index contributed by atoms with van der Waals surface area (Å²) in [6, 6.07) is 8.85. The van der Waals surface area contributed by atoms with Crippen molar-refractivity contribution in [3.05, 3.63) is 35.9 Å². The highest BCUT2D eigenvalue weighted by Gasteiger charge is 2.46. The quantitative estimate of drug-likeness (QED) is 0.861. The first-order chi connectivity index (χ1) is 9.95. The second kappa shape index (κ2) is 6.26. The zero-order chi connectivity index (χ0) is 15.5. The van der Waals surface area contributed by atoms with Crippen LogP contribution in [-0.4, -0.2) is 41.1 Å². The maximum Gasteiger partial charge on any atom is 0.410 e. The summed E-state index contributed by atoms with van der Waals surface area (Å²) in [5, 5.41) is 10.1. The van der Waals surface area contributed by atoms with E-state index in [2.05, 4.69) is 0 Å². The Morgan fingerprint density at radius 1 is 1.43 bits per heavy atom. The fraction of sp³-hybridized carbons (Fsp3) is 0.500. The van der Waals surface area contributed by atoms with Crippen molar-refractivity contribution in [1.82, 2.24) is 4.90 Å². The van der Waals surface area contributed by atoms with Crippen LogP contribution in [-0.2, 0) is 16.1 Å². The first-order valence-corrected chi connectivity index (χ1v) is 7.07. The lowest BCUT2D eigenvalue weighted by atomic mass is 9.83. The number of carbonyl (C=O) groups excluding carboxylic acids is 2. The van der Waals surface area contributed by atoms with E-state index in [9.17, 15) is 14.7 Å². The largest absolute Gasteiger partial charge is 0.445 e. The molecule has 5 heteroatoms. The van der Waals surface area contributed by atoms with Crippen molar-refractivity contribution in [2.75, 3.05) is 6.54 Å². The van der Waals surface area contributed by atoms with Crippen LogP contribution in [0.2, 0.25) is 0 Å². The molecule has 1 aromatic carbocycles. The van der Waals surface area contributed by atoms with Crippen molar-refractivity contribution in [3.8, 4) is 0 Å². The molecule has 0 aliphatic carbocycles. The lowest BCUT2D eigenvalue weighted by Gasteiger charge is -2.34. The van der Waals surface area contributed by atoms with Gasteiger partial charge in [-0.2, -0.15) is 0 Å². The molecule has 0 spiro atoms. The fourth-order valence-corrected chi connectivity index (χ4v) is 2.75. The summed E-state index contributed by atoms with van der Waals surface area (Å²) in [5.41, 5.74) is 0.0959. The molecule has 21 heavy (non-hydrogen) atoms. The number of rotatable bonds is 4. The summed E-state index contributed by atoms with van der Waals surface area (Å²) in [5.74, 6) is 0. The minimum atomic E-state index is -0.804. The van der Waals surface area contributed by atoms with Crippen LogP contribution >= 0.6 is 0 Å². The summed E-state index contributed by atoms with van der Waals surface area (Å²) < 4.78 is 5.29. The Balaban J connectivity index is 2.02. The number of aliphatic hydroxyl groups is 1. The van der Waals surface area contributed by atoms with Crippen LogP contribution < -0.4 is 0 Å². The number of hydrogen-bond acceptors (Lipinski definition) is 4. The number of carbonyl (C=O) groups is 2. The number of amides is 1. The Kier molecular flexibility index (Phi) is 4.63. The van der Waals surface area contributed by atoms with E-state index in [-0.39, 0.29) is 6.61 Å². The number of aliphatic hydroxyl groups excluding tert-OH is 1. The van der Waals surface area contributed by atoms with Gasteiger partial charge in [0.05, 0.1) is 12.1 Å². The van der Waals surface area contributed by atoms with Crippen molar-refractivity contribution >= 4 is 12.4 Å². The van der Waals surface area contributed by atoms with Crippen LogP contribution in [0.5, 0.6) is 0 Å². The highest BCUT2D eigenvalue weighted by molar-refractivity contribution is 5.71. The van der Waals surface area contributed by atoms with Crippen molar-refractivity contribution in [1.29, 1.82) is 0 Å². The van der Waals surface area contributed by atoms with E-state index >= 15 is 0 Å². The van der Waals surface area contributed by atoms with Crippen molar-refractivity contribution < 1.29 is 19.4 Å². The van der Waals surface area contributed by atoms with Gasteiger partial charge in [-0.3, -0.25) is 0 Å². The monoisotopic (exact) mass is 291 g/mol. The van der Waals surface area contributed by atoms with E-state index in [1.807, 2.05) is 30.3 Å².